The quantitative estimate of drug-likeness (QED) is 0.378. The molecule has 1 atom stereocenters. The lowest BCUT2D eigenvalue weighted by atomic mass is 10.0. The summed E-state index contributed by atoms with van der Waals surface area (Å²) in [7, 11) is -1.47. The molecule has 2 aromatic carbocycles. The van der Waals surface area contributed by atoms with Gasteiger partial charge in [-0.15, -0.1) is 0 Å². The Morgan fingerprint density at radius 3 is 2.59 bits per heavy atom. The maximum absolute atomic E-state index is 13.8. The molecule has 9 heteroatoms. The van der Waals surface area contributed by atoms with E-state index in [-0.39, 0.29) is 28.5 Å². The summed E-state index contributed by atoms with van der Waals surface area (Å²) < 4.78 is 26.4. The van der Waals surface area contributed by atoms with E-state index in [2.05, 4.69) is 22.2 Å². The lowest BCUT2D eigenvalue weighted by Crippen LogP contribution is -2.43. The summed E-state index contributed by atoms with van der Waals surface area (Å²) in [5, 5.41) is 2.85. The van der Waals surface area contributed by atoms with Crippen LogP contribution in [-0.2, 0) is 20.4 Å². The van der Waals surface area contributed by atoms with Crippen LogP contribution in [-0.4, -0.2) is 67.2 Å². The number of fused-ring (bicyclic) bond motifs is 1. The third-order valence-electron chi connectivity index (χ3n) is 8.62. The summed E-state index contributed by atoms with van der Waals surface area (Å²) in [4.78, 5) is 34.7. The van der Waals surface area contributed by atoms with Crippen molar-refractivity contribution in [3.8, 4) is 0 Å². The molecule has 8 nitrogen and oxygen atoms in total. The summed E-state index contributed by atoms with van der Waals surface area (Å²) in [6, 6.07) is 14.6. The molecule has 3 aromatic rings. The van der Waals surface area contributed by atoms with Crippen LogP contribution in [0, 0.1) is 13.8 Å². The van der Waals surface area contributed by atoms with Gasteiger partial charge in [0, 0.05) is 47.8 Å². The topological polar surface area (TPSA) is 103 Å². The van der Waals surface area contributed by atoms with Gasteiger partial charge >= 0.3 is 0 Å². The smallest absolute Gasteiger partial charge is 0.256 e. The normalized spacial score (nSPS) is 19.7. The number of nitrogens with one attached hydrogen (secondary N) is 2. The van der Waals surface area contributed by atoms with Crippen LogP contribution in [0.2, 0.25) is 0 Å². The minimum atomic E-state index is -3.62. The second-order valence-corrected chi connectivity index (χ2v) is 13.6. The fourth-order valence-corrected chi connectivity index (χ4v) is 7.57. The van der Waals surface area contributed by atoms with Crippen LogP contribution in [0.3, 0.4) is 0 Å². The first-order valence-electron chi connectivity index (χ1n) is 14.3. The van der Waals surface area contributed by atoms with Crippen LogP contribution in [0.1, 0.15) is 64.1 Å². The maximum Gasteiger partial charge on any atom is 0.256 e. The summed E-state index contributed by atoms with van der Waals surface area (Å²) >= 11 is 0. The predicted octanol–water partition coefficient (Wildman–Crippen LogP) is 4.80. The van der Waals surface area contributed by atoms with Gasteiger partial charge in [-0.25, -0.2) is 8.42 Å². The first kappa shape index (κ1) is 27.5. The van der Waals surface area contributed by atoms with Crippen LogP contribution < -0.4 is 5.32 Å². The van der Waals surface area contributed by atoms with E-state index in [0.717, 1.165) is 37.2 Å². The average Bonchev–Trinajstić information content (AvgIpc) is 3.53. The van der Waals surface area contributed by atoms with Gasteiger partial charge in [0.2, 0.25) is 0 Å². The molecule has 0 radical (unpaired) electrons. The third-order valence-corrected chi connectivity index (χ3v) is 10.3. The highest BCUT2D eigenvalue weighted by Gasteiger charge is 2.36. The van der Waals surface area contributed by atoms with Gasteiger partial charge in [0.15, 0.2) is 9.84 Å². The number of rotatable bonds is 8. The van der Waals surface area contributed by atoms with E-state index in [1.54, 1.807) is 30.3 Å². The zero-order chi connectivity index (χ0) is 28.9. The molecule has 1 saturated heterocycles. The van der Waals surface area contributed by atoms with Crippen molar-refractivity contribution >= 4 is 39.0 Å². The van der Waals surface area contributed by atoms with Crippen molar-refractivity contribution in [1.29, 1.82) is 0 Å². The molecule has 2 aliphatic heterocycles. The van der Waals surface area contributed by atoms with Gasteiger partial charge in [-0.3, -0.25) is 9.59 Å². The highest BCUT2D eigenvalue weighted by molar-refractivity contribution is 7.90. The standard InChI is InChI=1S/C32H36N4O4S/c1-20-29(33-21(2)30(20)32(38)36-15-7-10-24(36)18-35(3)23-11-12-23)17-27-26-16-25(13-14-28(26)34-31(27)37)41(39,40)19-22-8-5-4-6-9-22/h4-6,8-9,13-14,16-17,23-24,33H,7,10-12,15,18-19H2,1-3H3,(H,34,37)/b27-17-/t24-/m0/s1. The van der Waals surface area contributed by atoms with E-state index < -0.39 is 9.84 Å². The lowest BCUT2D eigenvalue weighted by Gasteiger charge is -2.29. The van der Waals surface area contributed by atoms with E-state index in [1.165, 1.54) is 18.9 Å². The number of benzene rings is 2. The van der Waals surface area contributed by atoms with E-state index >= 15 is 0 Å². The van der Waals surface area contributed by atoms with Crippen molar-refractivity contribution in [1.82, 2.24) is 14.8 Å². The van der Waals surface area contributed by atoms with Gasteiger partial charge < -0.3 is 20.1 Å². The summed E-state index contributed by atoms with van der Waals surface area (Å²) in [5.74, 6) is -0.403. The Morgan fingerprint density at radius 1 is 1.10 bits per heavy atom. The second kappa shape index (κ2) is 10.6. The van der Waals surface area contributed by atoms with Crippen molar-refractivity contribution in [2.24, 2.45) is 0 Å². The number of nitrogens with zero attached hydrogens (tertiary/aromatic N) is 2. The number of hydrogen-bond acceptors (Lipinski definition) is 5. The Kier molecular flexibility index (Phi) is 7.11. The van der Waals surface area contributed by atoms with Crippen LogP contribution in [0.4, 0.5) is 5.69 Å². The number of aromatic nitrogens is 1. The monoisotopic (exact) mass is 572 g/mol. The highest BCUT2D eigenvalue weighted by atomic mass is 32.2. The number of anilines is 1. The van der Waals surface area contributed by atoms with E-state index in [0.29, 0.717) is 39.7 Å². The Bertz CT molecular complexity index is 1650. The first-order valence-corrected chi connectivity index (χ1v) is 15.9. The van der Waals surface area contributed by atoms with Crippen molar-refractivity contribution in [3.63, 3.8) is 0 Å². The molecule has 1 aromatic heterocycles. The summed E-state index contributed by atoms with van der Waals surface area (Å²) in [6.45, 7) is 5.43. The molecule has 0 unspecified atom stereocenters. The van der Waals surface area contributed by atoms with Crippen LogP contribution in [0.15, 0.2) is 53.4 Å². The molecule has 2 N–H and O–H groups in total. The Labute approximate surface area is 241 Å². The zero-order valence-corrected chi connectivity index (χ0v) is 24.6. The molecule has 1 aliphatic carbocycles. The maximum atomic E-state index is 13.8. The number of aryl methyl sites for hydroxylation is 1. The van der Waals surface area contributed by atoms with Crippen molar-refractivity contribution in [3.05, 3.63) is 82.2 Å². The largest absolute Gasteiger partial charge is 0.358 e. The molecule has 6 rings (SSSR count). The summed E-state index contributed by atoms with van der Waals surface area (Å²) in [5.41, 5.74) is 5.04. The van der Waals surface area contributed by atoms with Gasteiger partial charge in [-0.1, -0.05) is 30.3 Å². The number of sulfone groups is 1. The Morgan fingerprint density at radius 2 is 1.85 bits per heavy atom. The van der Waals surface area contributed by atoms with E-state index in [4.69, 9.17) is 0 Å². The molecular weight excluding hydrogens is 536 g/mol. The number of amides is 2. The fraction of sp³-hybridized carbons (Fsp3) is 0.375. The summed E-state index contributed by atoms with van der Waals surface area (Å²) in [6.07, 6.45) is 6.22. The number of aromatic amines is 1. The number of hydrogen-bond donors (Lipinski definition) is 2. The molecule has 3 heterocycles. The van der Waals surface area contributed by atoms with Gasteiger partial charge in [-0.05, 0) is 82.0 Å². The van der Waals surface area contributed by atoms with Gasteiger partial charge in [-0.2, -0.15) is 0 Å². The number of carbonyl (C=O) groups excluding carboxylic acids is 2. The van der Waals surface area contributed by atoms with Crippen molar-refractivity contribution < 1.29 is 18.0 Å². The first-order chi connectivity index (χ1) is 19.6. The Hall–Kier alpha value is -3.69. The van der Waals surface area contributed by atoms with Crippen LogP contribution in [0.25, 0.3) is 11.6 Å². The predicted molar refractivity (Wildman–Crippen MR) is 160 cm³/mol. The van der Waals surface area contributed by atoms with E-state index in [1.807, 2.05) is 36.9 Å². The van der Waals surface area contributed by atoms with Crippen molar-refractivity contribution in [2.45, 2.75) is 62.3 Å². The molecule has 1 saturated carbocycles. The SMILES string of the molecule is Cc1[nH]c(/C=C2\C(=O)Nc3ccc(S(=O)(=O)Cc4ccccc4)cc32)c(C)c1C(=O)N1CCC[C@H]1CN(C)C1CC1. The molecule has 214 valence electrons. The number of H-pyrrole nitrogens is 1. The minimum Gasteiger partial charge on any atom is -0.358 e. The second-order valence-electron chi connectivity index (χ2n) is 11.6. The molecule has 0 spiro atoms. The zero-order valence-electron chi connectivity index (χ0n) is 23.7. The van der Waals surface area contributed by atoms with Gasteiger partial charge in [0.25, 0.3) is 11.8 Å². The average molecular weight is 573 g/mol. The number of likely N-dealkylation sites (N-methyl/N-ethyl adjacent to an activating group) is 1. The molecule has 41 heavy (non-hydrogen) atoms. The van der Waals surface area contributed by atoms with Crippen LogP contribution >= 0.6 is 0 Å². The van der Waals surface area contributed by atoms with Crippen LogP contribution in [0.5, 0.6) is 0 Å². The van der Waals surface area contributed by atoms with Gasteiger partial charge in [0.1, 0.15) is 0 Å². The molecule has 3 aliphatic rings. The molecular formula is C32H36N4O4S. The Balaban J connectivity index is 1.29. The molecule has 0 bridgehead atoms. The number of likely N-dealkylation sites (tertiary alicyclic amines) is 1. The van der Waals surface area contributed by atoms with Crippen molar-refractivity contribution in [2.75, 3.05) is 25.5 Å². The lowest BCUT2D eigenvalue weighted by molar-refractivity contribution is -0.110. The van der Waals surface area contributed by atoms with Gasteiger partial charge in [0.05, 0.1) is 21.8 Å². The molecule has 2 fully saturated rings. The van der Waals surface area contributed by atoms with E-state index in [9.17, 15) is 18.0 Å². The fourth-order valence-electron chi connectivity index (χ4n) is 6.20. The molecule has 2 amide bonds. The third kappa shape index (κ3) is 5.36. The minimum absolute atomic E-state index is 0.0261. The highest BCUT2D eigenvalue weighted by Crippen LogP contribution is 2.37. The number of carbonyl (C=O) groups is 2.